The monoisotopic (exact) mass is 292 g/mol. The van der Waals surface area contributed by atoms with E-state index in [-0.39, 0.29) is 16.9 Å². The second kappa shape index (κ2) is 5.92. The van der Waals surface area contributed by atoms with E-state index in [4.69, 9.17) is 18.0 Å². The van der Waals surface area contributed by atoms with E-state index in [1.54, 1.807) is 24.3 Å². The topological polar surface area (TPSA) is 55.1 Å². The molecule has 0 aliphatic heterocycles. The molecule has 0 saturated carbocycles. The molecule has 20 heavy (non-hydrogen) atoms. The van der Waals surface area contributed by atoms with E-state index >= 15 is 0 Å². The van der Waals surface area contributed by atoms with Gasteiger partial charge in [0.2, 0.25) is 0 Å². The molecule has 0 atom stereocenters. The molecule has 0 radical (unpaired) electrons. The Hall–Kier alpha value is -1.42. The molecule has 0 aliphatic carbocycles. The highest BCUT2D eigenvalue weighted by Gasteiger charge is 2.27. The van der Waals surface area contributed by atoms with Crippen LogP contribution in [0.2, 0.25) is 0 Å². The fourth-order valence-electron chi connectivity index (χ4n) is 2.54. The van der Waals surface area contributed by atoms with E-state index in [1.807, 2.05) is 13.8 Å². The standard InChI is InChI=1S/C16H24N2OS/c1-15(2,3)10-16(4,5)18-14(19)12-8-6-11(7-9-12)13(17)20/h6-9H,10H2,1-5H3,(H2,17,20)(H,18,19). The number of rotatable bonds is 4. The maximum Gasteiger partial charge on any atom is 0.251 e. The van der Waals surface area contributed by atoms with Crippen molar-refractivity contribution in [2.45, 2.75) is 46.6 Å². The van der Waals surface area contributed by atoms with Gasteiger partial charge in [-0.05, 0) is 37.8 Å². The molecule has 0 heterocycles. The Labute approximate surface area is 126 Å². The van der Waals surface area contributed by atoms with Crippen LogP contribution in [0.15, 0.2) is 24.3 Å². The number of carbonyl (C=O) groups excluding carboxylic acids is 1. The maximum atomic E-state index is 12.3. The summed E-state index contributed by atoms with van der Waals surface area (Å²) in [5.41, 5.74) is 6.83. The number of thiocarbonyl (C=S) groups is 1. The average Bonchev–Trinajstić information content (AvgIpc) is 2.24. The highest BCUT2D eigenvalue weighted by molar-refractivity contribution is 7.80. The van der Waals surface area contributed by atoms with Gasteiger partial charge in [-0.25, -0.2) is 0 Å². The Balaban J connectivity index is 2.78. The van der Waals surface area contributed by atoms with Crippen LogP contribution in [0.25, 0.3) is 0 Å². The molecule has 110 valence electrons. The first-order valence-corrected chi connectivity index (χ1v) is 7.13. The van der Waals surface area contributed by atoms with Crippen LogP contribution >= 0.6 is 12.2 Å². The second-order valence-corrected chi connectivity index (χ2v) is 7.46. The molecule has 0 saturated heterocycles. The Bertz CT molecular complexity index is 498. The van der Waals surface area contributed by atoms with Crippen molar-refractivity contribution in [1.82, 2.24) is 5.32 Å². The number of benzene rings is 1. The van der Waals surface area contributed by atoms with Gasteiger partial charge in [-0.15, -0.1) is 0 Å². The Morgan fingerprint density at radius 2 is 1.55 bits per heavy atom. The summed E-state index contributed by atoms with van der Waals surface area (Å²) in [6, 6.07) is 7.04. The molecule has 1 aromatic carbocycles. The highest BCUT2D eigenvalue weighted by Crippen LogP contribution is 2.27. The molecular formula is C16H24N2OS. The molecule has 1 rings (SSSR count). The van der Waals surface area contributed by atoms with Crippen LogP contribution < -0.4 is 11.1 Å². The van der Waals surface area contributed by atoms with Crippen molar-refractivity contribution in [1.29, 1.82) is 0 Å². The highest BCUT2D eigenvalue weighted by atomic mass is 32.1. The smallest absolute Gasteiger partial charge is 0.251 e. The number of carbonyl (C=O) groups is 1. The van der Waals surface area contributed by atoms with Crippen LogP contribution in [0, 0.1) is 5.41 Å². The number of nitrogens with two attached hydrogens (primary N) is 1. The molecule has 0 aliphatic rings. The van der Waals surface area contributed by atoms with Crippen molar-refractivity contribution in [2.75, 3.05) is 0 Å². The number of nitrogens with one attached hydrogen (secondary N) is 1. The molecule has 4 heteroatoms. The van der Waals surface area contributed by atoms with Gasteiger partial charge in [0.25, 0.3) is 5.91 Å². The lowest BCUT2D eigenvalue weighted by molar-refractivity contribution is 0.0891. The summed E-state index contributed by atoms with van der Waals surface area (Å²) < 4.78 is 0. The van der Waals surface area contributed by atoms with Gasteiger partial charge in [-0.3, -0.25) is 4.79 Å². The molecule has 1 amide bonds. The minimum atomic E-state index is -0.253. The van der Waals surface area contributed by atoms with Gasteiger partial charge in [-0.2, -0.15) is 0 Å². The SMILES string of the molecule is CC(C)(C)CC(C)(C)NC(=O)c1ccc(C(N)=S)cc1. The van der Waals surface area contributed by atoms with Gasteiger partial charge in [0.05, 0.1) is 0 Å². The largest absolute Gasteiger partial charge is 0.389 e. The van der Waals surface area contributed by atoms with Gasteiger partial charge in [0.15, 0.2) is 0 Å². The van der Waals surface area contributed by atoms with Crippen LogP contribution in [-0.2, 0) is 0 Å². The average molecular weight is 292 g/mol. The van der Waals surface area contributed by atoms with Crippen molar-refractivity contribution < 1.29 is 4.79 Å². The van der Waals surface area contributed by atoms with Crippen molar-refractivity contribution >= 4 is 23.1 Å². The zero-order chi connectivity index (χ0) is 15.6. The first-order chi connectivity index (χ1) is 9.00. The second-order valence-electron chi connectivity index (χ2n) is 7.02. The Kier molecular flexibility index (Phi) is 4.92. The first kappa shape index (κ1) is 16.6. The Morgan fingerprint density at radius 3 is 1.95 bits per heavy atom. The number of hydrogen-bond donors (Lipinski definition) is 2. The summed E-state index contributed by atoms with van der Waals surface area (Å²) in [6.07, 6.45) is 0.900. The molecule has 0 spiro atoms. The van der Waals surface area contributed by atoms with Crippen LogP contribution in [0.5, 0.6) is 0 Å². The van der Waals surface area contributed by atoms with Crippen molar-refractivity contribution in [3.63, 3.8) is 0 Å². The van der Waals surface area contributed by atoms with Crippen molar-refractivity contribution in [2.24, 2.45) is 11.1 Å². The van der Waals surface area contributed by atoms with E-state index in [1.165, 1.54) is 0 Å². The van der Waals surface area contributed by atoms with Crippen molar-refractivity contribution in [3.8, 4) is 0 Å². The summed E-state index contributed by atoms with van der Waals surface area (Å²) in [7, 11) is 0. The maximum absolute atomic E-state index is 12.3. The van der Waals surface area contributed by atoms with Crippen LogP contribution in [0.1, 0.15) is 57.0 Å². The molecule has 0 aromatic heterocycles. The molecular weight excluding hydrogens is 268 g/mol. The third kappa shape index (κ3) is 5.29. The predicted octanol–water partition coefficient (Wildman–Crippen LogP) is 3.27. The molecule has 0 bridgehead atoms. The van der Waals surface area contributed by atoms with E-state index in [0.717, 1.165) is 12.0 Å². The van der Waals surface area contributed by atoms with Crippen LogP contribution in [0.4, 0.5) is 0 Å². The van der Waals surface area contributed by atoms with Gasteiger partial charge in [-0.1, -0.05) is 45.1 Å². The lowest BCUT2D eigenvalue weighted by Crippen LogP contribution is -2.45. The molecule has 0 unspecified atom stereocenters. The molecule has 3 N–H and O–H groups in total. The molecule has 1 aromatic rings. The van der Waals surface area contributed by atoms with Gasteiger partial charge in [0.1, 0.15) is 4.99 Å². The van der Waals surface area contributed by atoms with E-state index in [2.05, 4.69) is 26.1 Å². The van der Waals surface area contributed by atoms with Gasteiger partial charge >= 0.3 is 0 Å². The van der Waals surface area contributed by atoms with E-state index in [0.29, 0.717) is 10.6 Å². The van der Waals surface area contributed by atoms with Crippen molar-refractivity contribution in [3.05, 3.63) is 35.4 Å². The van der Waals surface area contributed by atoms with E-state index in [9.17, 15) is 4.79 Å². The normalized spacial score (nSPS) is 12.1. The summed E-state index contributed by atoms with van der Waals surface area (Å²) in [5.74, 6) is -0.0752. The summed E-state index contributed by atoms with van der Waals surface area (Å²) in [4.78, 5) is 12.6. The molecule has 0 fully saturated rings. The van der Waals surface area contributed by atoms with Gasteiger partial charge < -0.3 is 11.1 Å². The zero-order valence-corrected chi connectivity index (χ0v) is 13.7. The first-order valence-electron chi connectivity index (χ1n) is 6.73. The summed E-state index contributed by atoms with van der Waals surface area (Å²) >= 11 is 4.90. The zero-order valence-electron chi connectivity index (χ0n) is 12.9. The molecule has 3 nitrogen and oxygen atoms in total. The minimum Gasteiger partial charge on any atom is -0.389 e. The summed E-state index contributed by atoms with van der Waals surface area (Å²) in [6.45, 7) is 10.6. The fourth-order valence-corrected chi connectivity index (χ4v) is 2.67. The van der Waals surface area contributed by atoms with E-state index < -0.39 is 0 Å². The van der Waals surface area contributed by atoms with Gasteiger partial charge in [0, 0.05) is 16.7 Å². The number of hydrogen-bond acceptors (Lipinski definition) is 2. The van der Waals surface area contributed by atoms with Crippen LogP contribution in [0.3, 0.4) is 0 Å². The van der Waals surface area contributed by atoms with Crippen LogP contribution in [-0.4, -0.2) is 16.4 Å². The number of amides is 1. The lowest BCUT2D eigenvalue weighted by Gasteiger charge is -2.33. The third-order valence-corrected chi connectivity index (χ3v) is 3.09. The lowest BCUT2D eigenvalue weighted by atomic mass is 9.81. The fraction of sp³-hybridized carbons (Fsp3) is 0.500. The third-order valence-electron chi connectivity index (χ3n) is 2.86. The quantitative estimate of drug-likeness (QED) is 0.837. The predicted molar refractivity (Wildman–Crippen MR) is 87.9 cm³/mol. The summed E-state index contributed by atoms with van der Waals surface area (Å²) in [5, 5.41) is 3.07. The minimum absolute atomic E-state index is 0.0752. The Morgan fingerprint density at radius 1 is 1.10 bits per heavy atom.